The molecule has 0 saturated heterocycles. The second-order valence-electron chi connectivity index (χ2n) is 3.30. The monoisotopic (exact) mass is 285 g/mol. The van der Waals surface area contributed by atoms with Crippen LogP contribution in [-0.2, 0) is 6.54 Å². The second-order valence-corrected chi connectivity index (χ2v) is 5.77. The number of aryl methyl sites for hydroxylation is 1. The van der Waals surface area contributed by atoms with E-state index in [2.05, 4.69) is 50.5 Å². The number of nitrogens with one attached hydrogen (secondary N) is 2. The first-order valence-electron chi connectivity index (χ1n) is 4.66. The quantitative estimate of drug-likeness (QED) is 0.910. The third kappa shape index (κ3) is 2.14. The van der Waals surface area contributed by atoms with Crippen LogP contribution in [0.15, 0.2) is 15.9 Å². The van der Waals surface area contributed by atoms with Crippen LogP contribution in [0.25, 0.3) is 10.4 Å². The maximum atomic E-state index is 4.29. The molecule has 0 radical (unpaired) electrons. The molecule has 0 aliphatic heterocycles. The molecule has 5 heteroatoms. The third-order valence-electron chi connectivity index (χ3n) is 2.19. The zero-order chi connectivity index (χ0) is 10.8. The Hall–Kier alpha value is -0.650. The van der Waals surface area contributed by atoms with Crippen molar-refractivity contribution in [2.24, 2.45) is 0 Å². The SMILES string of the molecule is CNCc1n[nH]c(C)c1-c1ccc(Br)s1. The minimum absolute atomic E-state index is 0.787. The number of rotatable bonds is 3. The Kier molecular flexibility index (Phi) is 3.23. The summed E-state index contributed by atoms with van der Waals surface area (Å²) in [4.78, 5) is 1.25. The van der Waals surface area contributed by atoms with Crippen LogP contribution in [0.5, 0.6) is 0 Å². The fourth-order valence-corrected chi connectivity index (χ4v) is 3.06. The van der Waals surface area contributed by atoms with E-state index in [1.807, 2.05) is 7.05 Å². The van der Waals surface area contributed by atoms with Gasteiger partial charge in [0, 0.05) is 22.7 Å². The number of aromatic nitrogens is 2. The van der Waals surface area contributed by atoms with Crippen molar-refractivity contribution in [3.8, 4) is 10.4 Å². The molecular formula is C10H12BrN3S. The van der Waals surface area contributed by atoms with E-state index in [4.69, 9.17) is 0 Å². The van der Waals surface area contributed by atoms with E-state index < -0.39 is 0 Å². The lowest BCUT2D eigenvalue weighted by molar-refractivity contribution is 0.785. The lowest BCUT2D eigenvalue weighted by atomic mass is 10.1. The number of hydrogen-bond donors (Lipinski definition) is 2. The highest BCUT2D eigenvalue weighted by molar-refractivity contribution is 9.11. The molecule has 0 spiro atoms. The van der Waals surface area contributed by atoms with Gasteiger partial charge >= 0.3 is 0 Å². The molecule has 0 aromatic carbocycles. The topological polar surface area (TPSA) is 40.7 Å². The van der Waals surface area contributed by atoms with Crippen molar-refractivity contribution in [3.63, 3.8) is 0 Å². The van der Waals surface area contributed by atoms with Gasteiger partial charge in [0.25, 0.3) is 0 Å². The summed E-state index contributed by atoms with van der Waals surface area (Å²) in [6, 6.07) is 4.18. The molecular weight excluding hydrogens is 274 g/mol. The van der Waals surface area contributed by atoms with Gasteiger partial charge in [0.2, 0.25) is 0 Å². The summed E-state index contributed by atoms with van der Waals surface area (Å²) < 4.78 is 1.15. The predicted molar refractivity (Wildman–Crippen MR) is 67.1 cm³/mol. The van der Waals surface area contributed by atoms with E-state index in [-0.39, 0.29) is 0 Å². The molecule has 0 atom stereocenters. The largest absolute Gasteiger partial charge is 0.314 e. The zero-order valence-electron chi connectivity index (χ0n) is 8.60. The molecule has 0 amide bonds. The van der Waals surface area contributed by atoms with Crippen LogP contribution >= 0.6 is 27.3 Å². The fourth-order valence-electron chi connectivity index (χ4n) is 1.55. The third-order valence-corrected chi connectivity index (χ3v) is 3.83. The van der Waals surface area contributed by atoms with Crippen LogP contribution in [0.4, 0.5) is 0 Å². The van der Waals surface area contributed by atoms with Gasteiger partial charge < -0.3 is 5.32 Å². The summed E-state index contributed by atoms with van der Waals surface area (Å²) in [5.74, 6) is 0. The summed E-state index contributed by atoms with van der Waals surface area (Å²) in [7, 11) is 1.93. The average Bonchev–Trinajstić information content (AvgIpc) is 2.74. The molecule has 2 aromatic rings. The van der Waals surface area contributed by atoms with E-state index in [1.54, 1.807) is 11.3 Å². The van der Waals surface area contributed by atoms with Gasteiger partial charge in [0.05, 0.1) is 9.48 Å². The molecule has 2 aromatic heterocycles. The van der Waals surface area contributed by atoms with Gasteiger partial charge in [-0.2, -0.15) is 5.10 Å². The molecule has 15 heavy (non-hydrogen) atoms. The average molecular weight is 286 g/mol. The van der Waals surface area contributed by atoms with E-state index in [0.29, 0.717) is 0 Å². The molecule has 0 saturated carbocycles. The van der Waals surface area contributed by atoms with Gasteiger partial charge in [-0.05, 0) is 42.0 Å². The van der Waals surface area contributed by atoms with Crippen LogP contribution in [-0.4, -0.2) is 17.2 Å². The Morgan fingerprint density at radius 1 is 1.53 bits per heavy atom. The van der Waals surface area contributed by atoms with Gasteiger partial charge in [-0.3, -0.25) is 5.10 Å². The van der Waals surface area contributed by atoms with Crippen molar-refractivity contribution < 1.29 is 0 Å². The maximum absolute atomic E-state index is 4.29. The van der Waals surface area contributed by atoms with Crippen molar-refractivity contribution in [2.75, 3.05) is 7.05 Å². The van der Waals surface area contributed by atoms with Crippen molar-refractivity contribution in [3.05, 3.63) is 27.3 Å². The number of thiophene rings is 1. The molecule has 2 heterocycles. The van der Waals surface area contributed by atoms with Gasteiger partial charge in [-0.15, -0.1) is 11.3 Å². The van der Waals surface area contributed by atoms with Crippen LogP contribution in [0.2, 0.25) is 0 Å². The van der Waals surface area contributed by atoms with Crippen LogP contribution in [0.3, 0.4) is 0 Å². The van der Waals surface area contributed by atoms with Crippen LogP contribution in [0.1, 0.15) is 11.4 Å². The van der Waals surface area contributed by atoms with Gasteiger partial charge in [0.1, 0.15) is 0 Å². The lowest BCUT2D eigenvalue weighted by Crippen LogP contribution is -2.06. The van der Waals surface area contributed by atoms with Crippen molar-refractivity contribution >= 4 is 27.3 Å². The Morgan fingerprint density at radius 2 is 2.33 bits per heavy atom. The zero-order valence-corrected chi connectivity index (χ0v) is 11.0. The number of aromatic amines is 1. The van der Waals surface area contributed by atoms with Gasteiger partial charge in [-0.25, -0.2) is 0 Å². The molecule has 0 bridgehead atoms. The molecule has 0 aliphatic carbocycles. The first kappa shape index (κ1) is 10.9. The summed E-state index contributed by atoms with van der Waals surface area (Å²) in [6.07, 6.45) is 0. The molecule has 2 N–H and O–H groups in total. The number of H-pyrrole nitrogens is 1. The normalized spacial score (nSPS) is 10.9. The lowest BCUT2D eigenvalue weighted by Gasteiger charge is -1.99. The number of hydrogen-bond acceptors (Lipinski definition) is 3. The summed E-state index contributed by atoms with van der Waals surface area (Å²) in [5, 5.41) is 10.5. The summed E-state index contributed by atoms with van der Waals surface area (Å²) in [6.45, 7) is 2.84. The van der Waals surface area contributed by atoms with Crippen molar-refractivity contribution in [1.29, 1.82) is 0 Å². The first-order valence-corrected chi connectivity index (χ1v) is 6.27. The highest BCUT2D eigenvalue weighted by Gasteiger charge is 2.13. The van der Waals surface area contributed by atoms with Crippen LogP contribution in [0, 0.1) is 6.92 Å². The molecule has 80 valence electrons. The summed E-state index contributed by atoms with van der Waals surface area (Å²) >= 11 is 5.21. The van der Waals surface area contributed by atoms with Crippen molar-refractivity contribution in [1.82, 2.24) is 15.5 Å². The summed E-state index contributed by atoms with van der Waals surface area (Å²) in [5.41, 5.74) is 3.42. The standard InChI is InChI=1S/C10H12BrN3S/c1-6-10(7(5-12-2)14-13-6)8-3-4-9(11)15-8/h3-4,12H,5H2,1-2H3,(H,13,14). The molecule has 2 rings (SSSR count). The predicted octanol–water partition coefficient (Wildman–Crippen LogP) is 2.93. The Balaban J connectivity index is 2.46. The minimum Gasteiger partial charge on any atom is -0.314 e. The van der Waals surface area contributed by atoms with Gasteiger partial charge in [-0.1, -0.05) is 0 Å². The Bertz CT molecular complexity index is 461. The number of halogens is 1. The first-order chi connectivity index (χ1) is 7.22. The van der Waals surface area contributed by atoms with E-state index in [0.717, 1.165) is 21.7 Å². The van der Waals surface area contributed by atoms with Crippen LogP contribution < -0.4 is 5.32 Å². The molecule has 0 unspecified atom stereocenters. The number of nitrogens with zero attached hydrogens (tertiary/aromatic N) is 1. The van der Waals surface area contributed by atoms with E-state index in [9.17, 15) is 0 Å². The molecule has 0 aliphatic rings. The highest BCUT2D eigenvalue weighted by atomic mass is 79.9. The minimum atomic E-state index is 0.787. The van der Waals surface area contributed by atoms with E-state index in [1.165, 1.54) is 10.4 Å². The molecule has 0 fully saturated rings. The Labute approximate surface area is 101 Å². The smallest absolute Gasteiger partial charge is 0.0849 e. The second kappa shape index (κ2) is 4.47. The van der Waals surface area contributed by atoms with E-state index >= 15 is 0 Å². The highest BCUT2D eigenvalue weighted by Crippen LogP contribution is 2.34. The fraction of sp³-hybridized carbons (Fsp3) is 0.300. The van der Waals surface area contributed by atoms with Gasteiger partial charge in [0.15, 0.2) is 0 Å². The molecule has 3 nitrogen and oxygen atoms in total. The van der Waals surface area contributed by atoms with Crippen molar-refractivity contribution in [2.45, 2.75) is 13.5 Å². The Morgan fingerprint density at radius 3 is 2.93 bits per heavy atom. The maximum Gasteiger partial charge on any atom is 0.0849 e.